The first-order valence-corrected chi connectivity index (χ1v) is 9.71. The third-order valence-corrected chi connectivity index (χ3v) is 5.15. The van der Waals surface area contributed by atoms with Gasteiger partial charge in [0.25, 0.3) is 5.91 Å². The summed E-state index contributed by atoms with van der Waals surface area (Å²) in [6.07, 6.45) is 1.26. The van der Waals surface area contributed by atoms with Crippen molar-refractivity contribution in [1.29, 1.82) is 5.26 Å². The lowest BCUT2D eigenvalue weighted by molar-refractivity contribution is -0.112. The van der Waals surface area contributed by atoms with Crippen molar-refractivity contribution in [3.8, 4) is 6.07 Å². The fourth-order valence-electron chi connectivity index (χ4n) is 2.35. The van der Waals surface area contributed by atoms with Crippen molar-refractivity contribution < 1.29 is 9.18 Å². The van der Waals surface area contributed by atoms with Crippen molar-refractivity contribution >= 4 is 40.6 Å². The Morgan fingerprint density at radius 2 is 1.79 bits per heavy atom. The van der Waals surface area contributed by atoms with Crippen molar-refractivity contribution in [1.82, 2.24) is 0 Å². The first kappa shape index (κ1) is 20.5. The van der Waals surface area contributed by atoms with Gasteiger partial charge in [0.1, 0.15) is 17.5 Å². The van der Waals surface area contributed by atoms with Gasteiger partial charge in [0.15, 0.2) is 0 Å². The SMILES string of the molecule is N#C/C(=C/Nc1ccc(F)c(Cl)c1)C(=O)Nc1ccccc1Sc1ccccc1. The number of hydrogen-bond donors (Lipinski definition) is 2. The zero-order valence-corrected chi connectivity index (χ0v) is 16.6. The molecule has 0 heterocycles. The molecule has 0 aliphatic heterocycles. The summed E-state index contributed by atoms with van der Waals surface area (Å²) in [5.74, 6) is -1.11. The van der Waals surface area contributed by atoms with Crippen LogP contribution >= 0.6 is 23.4 Å². The number of carbonyl (C=O) groups excluding carboxylic acids is 1. The number of nitrogens with zero attached hydrogens (tertiary/aromatic N) is 1. The molecule has 0 unspecified atom stereocenters. The molecule has 3 aromatic rings. The van der Waals surface area contributed by atoms with Crippen LogP contribution in [-0.4, -0.2) is 5.91 Å². The number of para-hydroxylation sites is 1. The molecule has 2 N–H and O–H groups in total. The van der Waals surface area contributed by atoms with Crippen molar-refractivity contribution in [2.75, 3.05) is 10.6 Å². The molecule has 0 bridgehead atoms. The second-order valence-electron chi connectivity index (χ2n) is 5.81. The Labute approximate surface area is 177 Å². The van der Waals surface area contributed by atoms with E-state index in [0.29, 0.717) is 11.4 Å². The van der Waals surface area contributed by atoms with Crippen LogP contribution in [0.3, 0.4) is 0 Å². The molecule has 0 saturated heterocycles. The molecule has 0 atom stereocenters. The van der Waals surface area contributed by atoms with Crippen LogP contribution in [0.4, 0.5) is 15.8 Å². The first-order chi connectivity index (χ1) is 14.1. The van der Waals surface area contributed by atoms with Crippen LogP contribution in [-0.2, 0) is 4.79 Å². The molecule has 29 heavy (non-hydrogen) atoms. The van der Waals surface area contributed by atoms with Crippen LogP contribution in [0.5, 0.6) is 0 Å². The maximum absolute atomic E-state index is 13.2. The molecule has 0 saturated carbocycles. The molecule has 0 aliphatic rings. The van der Waals surface area contributed by atoms with E-state index in [2.05, 4.69) is 10.6 Å². The molecule has 1 amide bonds. The van der Waals surface area contributed by atoms with Gasteiger partial charge in [-0.3, -0.25) is 4.79 Å². The number of benzene rings is 3. The Hall–Kier alpha value is -3.27. The normalized spacial score (nSPS) is 10.9. The summed E-state index contributed by atoms with van der Waals surface area (Å²) in [6, 6.07) is 23.0. The standard InChI is InChI=1S/C22H15ClFN3OS/c23-18-12-16(10-11-19(18)24)26-14-15(13-25)22(28)27-20-8-4-5-9-21(20)29-17-6-2-1-3-7-17/h1-12,14,26H,(H,27,28)/b15-14-. The van der Waals surface area contributed by atoms with Gasteiger partial charge < -0.3 is 10.6 Å². The Kier molecular flexibility index (Phi) is 6.90. The molecule has 0 aliphatic carbocycles. The third-order valence-electron chi connectivity index (χ3n) is 3.77. The van der Waals surface area contributed by atoms with Gasteiger partial charge in [0.05, 0.1) is 10.7 Å². The Morgan fingerprint density at radius 3 is 2.52 bits per heavy atom. The number of carbonyl (C=O) groups is 1. The second kappa shape index (κ2) is 9.78. The molecular formula is C22H15ClFN3OS. The number of nitriles is 1. The van der Waals surface area contributed by atoms with E-state index in [0.717, 1.165) is 9.79 Å². The summed E-state index contributed by atoms with van der Waals surface area (Å²) < 4.78 is 13.2. The van der Waals surface area contributed by atoms with Crippen LogP contribution in [0, 0.1) is 17.1 Å². The number of amides is 1. The minimum atomic E-state index is -0.561. The monoisotopic (exact) mass is 423 g/mol. The minimum Gasteiger partial charge on any atom is -0.360 e. The Bertz CT molecular complexity index is 1100. The second-order valence-corrected chi connectivity index (χ2v) is 7.33. The van der Waals surface area contributed by atoms with Crippen molar-refractivity contribution in [2.45, 2.75) is 9.79 Å². The lowest BCUT2D eigenvalue weighted by Crippen LogP contribution is -2.15. The number of nitrogens with one attached hydrogen (secondary N) is 2. The molecule has 0 spiro atoms. The maximum Gasteiger partial charge on any atom is 0.267 e. The highest BCUT2D eigenvalue weighted by molar-refractivity contribution is 7.99. The van der Waals surface area contributed by atoms with E-state index < -0.39 is 11.7 Å². The zero-order valence-electron chi connectivity index (χ0n) is 15.0. The van der Waals surface area contributed by atoms with Gasteiger partial charge in [0, 0.05) is 21.7 Å². The average Bonchev–Trinajstić information content (AvgIpc) is 2.73. The molecule has 3 rings (SSSR count). The summed E-state index contributed by atoms with van der Waals surface area (Å²) in [5.41, 5.74) is 0.916. The largest absolute Gasteiger partial charge is 0.360 e. The van der Waals surface area contributed by atoms with Crippen molar-refractivity contribution in [3.05, 3.63) is 95.4 Å². The van der Waals surface area contributed by atoms with E-state index in [1.165, 1.54) is 36.2 Å². The van der Waals surface area contributed by atoms with Gasteiger partial charge >= 0.3 is 0 Å². The molecule has 144 valence electrons. The lowest BCUT2D eigenvalue weighted by atomic mass is 10.2. The van der Waals surface area contributed by atoms with Gasteiger partial charge in [-0.2, -0.15) is 5.26 Å². The lowest BCUT2D eigenvalue weighted by Gasteiger charge is -2.10. The molecule has 0 fully saturated rings. The van der Waals surface area contributed by atoms with E-state index in [1.54, 1.807) is 12.1 Å². The van der Waals surface area contributed by atoms with E-state index in [4.69, 9.17) is 11.6 Å². The van der Waals surface area contributed by atoms with E-state index in [1.807, 2.05) is 48.5 Å². The Morgan fingerprint density at radius 1 is 1.07 bits per heavy atom. The maximum atomic E-state index is 13.2. The van der Waals surface area contributed by atoms with Crippen LogP contribution < -0.4 is 10.6 Å². The number of hydrogen-bond acceptors (Lipinski definition) is 4. The Balaban J connectivity index is 1.74. The summed E-state index contributed by atoms with van der Waals surface area (Å²) in [6.45, 7) is 0. The predicted molar refractivity (Wildman–Crippen MR) is 114 cm³/mol. The van der Waals surface area contributed by atoms with Gasteiger partial charge in [-0.25, -0.2) is 4.39 Å². The highest BCUT2D eigenvalue weighted by Crippen LogP contribution is 2.33. The summed E-state index contributed by atoms with van der Waals surface area (Å²) in [4.78, 5) is 14.4. The van der Waals surface area contributed by atoms with Crippen molar-refractivity contribution in [3.63, 3.8) is 0 Å². The van der Waals surface area contributed by atoms with Gasteiger partial charge in [-0.1, -0.05) is 53.7 Å². The van der Waals surface area contributed by atoms with Gasteiger partial charge in [-0.15, -0.1) is 0 Å². The van der Waals surface area contributed by atoms with E-state index in [-0.39, 0.29) is 10.6 Å². The average molecular weight is 424 g/mol. The fourth-order valence-corrected chi connectivity index (χ4v) is 3.46. The van der Waals surface area contributed by atoms with Gasteiger partial charge in [0.2, 0.25) is 0 Å². The van der Waals surface area contributed by atoms with Crippen molar-refractivity contribution in [2.24, 2.45) is 0 Å². The van der Waals surface area contributed by atoms with Crippen LogP contribution in [0.1, 0.15) is 0 Å². The smallest absolute Gasteiger partial charge is 0.267 e. The molecule has 3 aromatic carbocycles. The number of rotatable bonds is 6. The topological polar surface area (TPSA) is 64.9 Å². The van der Waals surface area contributed by atoms with E-state index in [9.17, 15) is 14.4 Å². The highest BCUT2D eigenvalue weighted by Gasteiger charge is 2.12. The molecule has 7 heteroatoms. The first-order valence-electron chi connectivity index (χ1n) is 8.52. The summed E-state index contributed by atoms with van der Waals surface area (Å²) in [5, 5.41) is 14.8. The number of anilines is 2. The van der Waals surface area contributed by atoms with Crippen LogP contribution in [0.15, 0.2) is 94.4 Å². The molecular weight excluding hydrogens is 409 g/mol. The van der Waals surface area contributed by atoms with Crippen LogP contribution in [0.25, 0.3) is 0 Å². The minimum absolute atomic E-state index is 0.0572. The molecule has 0 radical (unpaired) electrons. The quantitative estimate of drug-likeness (QED) is 0.372. The third kappa shape index (κ3) is 5.61. The van der Waals surface area contributed by atoms with E-state index >= 15 is 0 Å². The highest BCUT2D eigenvalue weighted by atomic mass is 35.5. The molecule has 4 nitrogen and oxygen atoms in total. The van der Waals surface area contributed by atoms with Gasteiger partial charge in [-0.05, 0) is 42.5 Å². The number of halogens is 2. The van der Waals surface area contributed by atoms with Crippen LogP contribution in [0.2, 0.25) is 5.02 Å². The predicted octanol–water partition coefficient (Wildman–Crippen LogP) is 6.09. The summed E-state index contributed by atoms with van der Waals surface area (Å²) >= 11 is 7.24. The molecule has 0 aromatic heterocycles. The fraction of sp³-hybridized carbons (Fsp3) is 0. The zero-order chi connectivity index (χ0) is 20.6. The summed E-state index contributed by atoms with van der Waals surface area (Å²) in [7, 11) is 0.